The summed E-state index contributed by atoms with van der Waals surface area (Å²) in [5.41, 5.74) is 0.319. The smallest absolute Gasteiger partial charge is 0.325 e. The summed E-state index contributed by atoms with van der Waals surface area (Å²) in [6.07, 6.45) is 0.0797. The normalized spacial score (nSPS) is 13.6. The molecule has 7 heteroatoms. The molecule has 110 valence electrons. The molecule has 0 aromatic heterocycles. The van der Waals surface area contributed by atoms with Gasteiger partial charge in [0.2, 0.25) is 5.91 Å². The van der Waals surface area contributed by atoms with Crippen LogP contribution in [0.15, 0.2) is 18.2 Å². The molecule has 1 aromatic rings. The lowest BCUT2D eigenvalue weighted by Gasteiger charge is -2.17. The minimum Gasteiger partial charge on any atom is -0.480 e. The monoisotopic (exact) mass is 303 g/mol. The van der Waals surface area contributed by atoms with Crippen molar-refractivity contribution in [3.63, 3.8) is 0 Å². The molecule has 0 aliphatic heterocycles. The van der Waals surface area contributed by atoms with Crippen molar-refractivity contribution < 1.29 is 23.5 Å². The zero-order valence-electron chi connectivity index (χ0n) is 10.8. The summed E-state index contributed by atoms with van der Waals surface area (Å²) >= 11 is 4.02. The third-order valence-corrected chi connectivity index (χ3v) is 3.17. The van der Waals surface area contributed by atoms with Gasteiger partial charge >= 0.3 is 5.97 Å². The predicted octanol–water partition coefficient (Wildman–Crippen LogP) is 1.64. The molecular formula is C13H15F2NO3S. The van der Waals surface area contributed by atoms with Gasteiger partial charge in [0, 0.05) is 11.8 Å². The van der Waals surface area contributed by atoms with Gasteiger partial charge in [-0.1, -0.05) is 0 Å². The van der Waals surface area contributed by atoms with Gasteiger partial charge in [-0.25, -0.2) is 8.78 Å². The van der Waals surface area contributed by atoms with Gasteiger partial charge < -0.3 is 10.4 Å². The first-order valence-corrected chi connectivity index (χ1v) is 6.55. The molecule has 4 nitrogen and oxygen atoms in total. The van der Waals surface area contributed by atoms with E-state index in [1.54, 1.807) is 0 Å². The Morgan fingerprint density at radius 1 is 1.30 bits per heavy atom. The van der Waals surface area contributed by atoms with Crippen LogP contribution in [-0.4, -0.2) is 28.8 Å². The molecule has 0 aliphatic rings. The molecule has 1 rings (SSSR count). The van der Waals surface area contributed by atoms with E-state index in [9.17, 15) is 18.4 Å². The molecule has 20 heavy (non-hydrogen) atoms. The van der Waals surface area contributed by atoms with Crippen molar-refractivity contribution in [3.05, 3.63) is 35.4 Å². The Balaban J connectivity index is 2.76. The number of carboxylic acids is 1. The molecule has 0 aliphatic carbocycles. The number of aliphatic carboxylic acids is 1. The van der Waals surface area contributed by atoms with Crippen LogP contribution in [0.2, 0.25) is 0 Å². The Hall–Kier alpha value is -1.63. The van der Waals surface area contributed by atoms with E-state index in [-0.39, 0.29) is 12.2 Å². The van der Waals surface area contributed by atoms with E-state index >= 15 is 0 Å². The maximum atomic E-state index is 13.1. The van der Waals surface area contributed by atoms with Crippen LogP contribution in [-0.2, 0) is 16.0 Å². The van der Waals surface area contributed by atoms with Crippen LogP contribution in [0.3, 0.4) is 0 Å². The Labute approximate surface area is 120 Å². The minimum absolute atomic E-state index is 0.0797. The van der Waals surface area contributed by atoms with Gasteiger partial charge in [0.15, 0.2) is 0 Å². The lowest BCUT2D eigenvalue weighted by Crippen LogP contribution is -2.42. The Morgan fingerprint density at radius 2 is 1.85 bits per heavy atom. The molecule has 0 radical (unpaired) electrons. The Kier molecular flexibility index (Phi) is 5.94. The molecular weight excluding hydrogens is 288 g/mol. The topological polar surface area (TPSA) is 66.4 Å². The molecule has 0 saturated heterocycles. The summed E-state index contributed by atoms with van der Waals surface area (Å²) in [5, 5.41) is 11.0. The summed E-state index contributed by atoms with van der Waals surface area (Å²) in [4.78, 5) is 22.5. The molecule has 1 amide bonds. The summed E-state index contributed by atoms with van der Waals surface area (Å²) in [6.45, 7) is 1.33. The number of carboxylic acid groups (broad SMARTS) is 1. The fourth-order valence-corrected chi connectivity index (χ4v) is 1.94. The maximum absolute atomic E-state index is 13.1. The van der Waals surface area contributed by atoms with Gasteiger partial charge in [-0.2, -0.15) is 12.6 Å². The number of carbonyl (C=O) groups excluding carboxylic acids is 1. The molecule has 0 fully saturated rings. The predicted molar refractivity (Wildman–Crippen MR) is 72.6 cm³/mol. The maximum Gasteiger partial charge on any atom is 0.325 e. The second-order valence-electron chi connectivity index (χ2n) is 4.43. The fraction of sp³-hybridized carbons (Fsp3) is 0.385. The largest absolute Gasteiger partial charge is 0.480 e. The number of rotatable bonds is 6. The van der Waals surface area contributed by atoms with E-state index in [4.69, 9.17) is 5.11 Å². The fourth-order valence-electron chi connectivity index (χ4n) is 1.65. The number of nitrogens with one attached hydrogen (secondary N) is 1. The second kappa shape index (κ2) is 7.23. The lowest BCUT2D eigenvalue weighted by molar-refractivity contribution is -0.141. The molecule has 0 bridgehead atoms. The van der Waals surface area contributed by atoms with Crippen molar-refractivity contribution in [2.75, 3.05) is 5.75 Å². The van der Waals surface area contributed by atoms with Crippen LogP contribution in [0.25, 0.3) is 0 Å². The van der Waals surface area contributed by atoms with Gasteiger partial charge in [-0.15, -0.1) is 0 Å². The van der Waals surface area contributed by atoms with E-state index in [0.29, 0.717) is 5.56 Å². The Bertz CT molecular complexity index is 490. The highest BCUT2D eigenvalue weighted by Gasteiger charge is 2.22. The molecule has 1 aromatic carbocycles. The van der Waals surface area contributed by atoms with Crippen molar-refractivity contribution in [3.8, 4) is 0 Å². The lowest BCUT2D eigenvalue weighted by atomic mass is 9.99. The van der Waals surface area contributed by atoms with E-state index < -0.39 is 35.5 Å². The third kappa shape index (κ3) is 4.80. The zero-order valence-corrected chi connectivity index (χ0v) is 11.7. The van der Waals surface area contributed by atoms with Gasteiger partial charge in [-0.05, 0) is 31.0 Å². The first kappa shape index (κ1) is 16.4. The first-order chi connectivity index (χ1) is 9.33. The van der Waals surface area contributed by atoms with Crippen LogP contribution in [0.5, 0.6) is 0 Å². The standard InChI is InChI=1S/C13H15F2NO3S/c1-7(13(18)19)16-12(17)9(6-20)2-8-3-10(14)5-11(15)4-8/h3-5,7,9,20H,2,6H2,1H3,(H,16,17)(H,18,19)/t7-,9?/m0/s1. The highest BCUT2D eigenvalue weighted by Crippen LogP contribution is 2.14. The van der Waals surface area contributed by atoms with Crippen molar-refractivity contribution >= 4 is 24.5 Å². The quantitative estimate of drug-likeness (QED) is 0.700. The van der Waals surface area contributed by atoms with Crippen molar-refractivity contribution in [2.24, 2.45) is 5.92 Å². The van der Waals surface area contributed by atoms with Crippen LogP contribution in [0, 0.1) is 17.6 Å². The van der Waals surface area contributed by atoms with E-state index in [2.05, 4.69) is 17.9 Å². The number of carbonyl (C=O) groups is 2. The number of hydrogen-bond donors (Lipinski definition) is 3. The highest BCUT2D eigenvalue weighted by molar-refractivity contribution is 7.80. The molecule has 2 N–H and O–H groups in total. The molecule has 0 saturated carbocycles. The average Bonchev–Trinajstić information content (AvgIpc) is 2.34. The number of amides is 1. The number of halogens is 2. The van der Waals surface area contributed by atoms with Gasteiger partial charge in [-0.3, -0.25) is 9.59 Å². The molecule has 0 heterocycles. The number of thiol groups is 1. The molecule has 1 unspecified atom stereocenters. The van der Waals surface area contributed by atoms with Crippen LogP contribution < -0.4 is 5.32 Å². The van der Waals surface area contributed by atoms with Crippen LogP contribution in [0.1, 0.15) is 12.5 Å². The van der Waals surface area contributed by atoms with E-state index in [0.717, 1.165) is 18.2 Å². The van der Waals surface area contributed by atoms with Crippen molar-refractivity contribution in [2.45, 2.75) is 19.4 Å². The van der Waals surface area contributed by atoms with Crippen LogP contribution >= 0.6 is 12.6 Å². The van der Waals surface area contributed by atoms with Gasteiger partial charge in [0.05, 0.1) is 5.92 Å². The average molecular weight is 303 g/mol. The summed E-state index contributed by atoms with van der Waals surface area (Å²) in [5.74, 6) is -3.65. The minimum atomic E-state index is -1.16. The summed E-state index contributed by atoms with van der Waals surface area (Å²) < 4.78 is 26.1. The second-order valence-corrected chi connectivity index (χ2v) is 4.79. The van der Waals surface area contributed by atoms with E-state index in [1.165, 1.54) is 6.92 Å². The number of benzene rings is 1. The van der Waals surface area contributed by atoms with Gasteiger partial charge in [0.25, 0.3) is 0 Å². The summed E-state index contributed by atoms with van der Waals surface area (Å²) in [7, 11) is 0. The van der Waals surface area contributed by atoms with Crippen molar-refractivity contribution in [1.82, 2.24) is 5.32 Å². The first-order valence-electron chi connectivity index (χ1n) is 5.92. The molecule has 2 atom stereocenters. The SMILES string of the molecule is C[C@H](NC(=O)C(CS)Cc1cc(F)cc(F)c1)C(=O)O. The highest BCUT2D eigenvalue weighted by atomic mass is 32.1. The zero-order chi connectivity index (χ0) is 15.3. The van der Waals surface area contributed by atoms with Crippen molar-refractivity contribution in [1.29, 1.82) is 0 Å². The molecule has 0 spiro atoms. The Morgan fingerprint density at radius 3 is 2.30 bits per heavy atom. The van der Waals surface area contributed by atoms with Crippen LogP contribution in [0.4, 0.5) is 8.78 Å². The van der Waals surface area contributed by atoms with Gasteiger partial charge in [0.1, 0.15) is 17.7 Å². The third-order valence-electron chi connectivity index (χ3n) is 2.72. The number of hydrogen-bond acceptors (Lipinski definition) is 3. The van der Waals surface area contributed by atoms with E-state index in [1.807, 2.05) is 0 Å². The summed E-state index contributed by atoms with van der Waals surface area (Å²) in [6, 6.07) is 1.97.